The van der Waals surface area contributed by atoms with Gasteiger partial charge in [0.1, 0.15) is 0 Å². The van der Waals surface area contributed by atoms with Crippen LogP contribution in [0.1, 0.15) is 13.8 Å². The first-order valence-corrected chi connectivity index (χ1v) is 3.55. The highest BCUT2D eigenvalue weighted by Crippen LogP contribution is 1.96. The topological polar surface area (TPSA) is 74.6 Å². The average molecular weight is 212 g/mol. The lowest BCUT2D eigenvalue weighted by molar-refractivity contribution is -0.135. The smallest absolute Gasteiger partial charge is 0.300 e. The molecule has 0 aromatic heterocycles. The highest BCUT2D eigenvalue weighted by atomic mass is 32.2. The van der Waals surface area contributed by atoms with Gasteiger partial charge in [-0.25, -0.2) is 0 Å². The minimum Gasteiger partial charge on any atom is -0.481 e. The molecule has 0 spiro atoms. The molecule has 0 bridgehead atoms. The molecule has 0 saturated heterocycles. The average Bonchev–Trinajstić information content (AvgIpc) is 1.54. The molecule has 0 heterocycles. The zero-order chi connectivity index (χ0) is 10.7. The fraction of sp³-hybridized carbons (Fsp3) is 0.333. The van der Waals surface area contributed by atoms with Gasteiger partial charge in [0, 0.05) is 18.1 Å². The van der Waals surface area contributed by atoms with Crippen LogP contribution in [0, 0.1) is 0 Å². The van der Waals surface area contributed by atoms with E-state index in [9.17, 15) is 0 Å². The van der Waals surface area contributed by atoms with Gasteiger partial charge in [0.05, 0.1) is 0 Å². The summed E-state index contributed by atoms with van der Waals surface area (Å²) < 4.78 is 0.556. The van der Waals surface area contributed by atoms with Crippen molar-refractivity contribution in [2.75, 3.05) is 0 Å². The van der Waals surface area contributed by atoms with Crippen molar-refractivity contribution in [2.24, 2.45) is 0 Å². The van der Waals surface area contributed by atoms with Crippen LogP contribution >= 0.6 is 25.3 Å². The molecule has 12 heavy (non-hydrogen) atoms. The summed E-state index contributed by atoms with van der Waals surface area (Å²) in [6.45, 7) is 5.45. The maximum Gasteiger partial charge on any atom is 0.300 e. The molecular formula is C6H12O4S2. The third kappa shape index (κ3) is 1710. The Morgan fingerprint density at radius 1 is 1.08 bits per heavy atom. The Kier molecular flexibility index (Phi) is 18.9. The van der Waals surface area contributed by atoms with Crippen LogP contribution in [0.15, 0.2) is 10.8 Å². The molecule has 72 valence electrons. The molecular weight excluding hydrogens is 200 g/mol. The van der Waals surface area contributed by atoms with Gasteiger partial charge in [0.2, 0.25) is 0 Å². The summed E-state index contributed by atoms with van der Waals surface area (Å²) >= 11 is 7.27. The minimum atomic E-state index is -0.833. The van der Waals surface area contributed by atoms with Crippen LogP contribution in [0.2, 0.25) is 0 Å². The normalized spacial score (nSPS) is 6.33. The number of carbonyl (C=O) groups is 2. The van der Waals surface area contributed by atoms with Gasteiger partial charge in [-0.15, -0.1) is 25.3 Å². The van der Waals surface area contributed by atoms with E-state index in [1.54, 1.807) is 0 Å². The third-order valence-corrected chi connectivity index (χ3v) is 0. The van der Waals surface area contributed by atoms with Crippen molar-refractivity contribution in [1.29, 1.82) is 0 Å². The lowest BCUT2D eigenvalue weighted by atomic mass is 10.9. The number of aliphatic carboxylic acids is 2. The Labute approximate surface area is 82.1 Å². The second-order valence-electron chi connectivity index (χ2n) is 1.45. The Bertz CT molecular complexity index is 115. The molecule has 0 aliphatic heterocycles. The van der Waals surface area contributed by atoms with Crippen molar-refractivity contribution in [2.45, 2.75) is 13.8 Å². The molecule has 0 unspecified atom stereocenters. The molecule has 0 atom stereocenters. The van der Waals surface area contributed by atoms with E-state index in [0.717, 1.165) is 13.8 Å². The molecule has 0 fully saturated rings. The number of hydrogen-bond donors (Lipinski definition) is 4. The summed E-state index contributed by atoms with van der Waals surface area (Å²) in [5.74, 6) is -1.67. The van der Waals surface area contributed by atoms with E-state index in [4.69, 9.17) is 19.8 Å². The van der Waals surface area contributed by atoms with E-state index in [2.05, 4.69) is 31.8 Å². The largest absolute Gasteiger partial charge is 0.481 e. The van der Waals surface area contributed by atoms with Crippen LogP contribution in [0.3, 0.4) is 0 Å². The number of carboxylic acid groups (broad SMARTS) is 2. The maximum absolute atomic E-state index is 9.00. The molecule has 0 aromatic carbocycles. The highest BCUT2D eigenvalue weighted by Gasteiger charge is 1.65. The first-order valence-electron chi connectivity index (χ1n) is 2.66. The summed E-state index contributed by atoms with van der Waals surface area (Å²) in [5, 5.41) is 14.8. The minimum absolute atomic E-state index is 0.556. The SMILES string of the molecule is C=C(S)S.CC(=O)O.CC(=O)O. The van der Waals surface area contributed by atoms with Crippen molar-refractivity contribution < 1.29 is 19.8 Å². The van der Waals surface area contributed by atoms with Crippen molar-refractivity contribution in [3.8, 4) is 0 Å². The fourth-order valence-corrected chi connectivity index (χ4v) is 0. The van der Waals surface area contributed by atoms with E-state index < -0.39 is 11.9 Å². The number of hydrogen-bond acceptors (Lipinski definition) is 4. The van der Waals surface area contributed by atoms with E-state index >= 15 is 0 Å². The summed E-state index contributed by atoms with van der Waals surface area (Å²) in [4.78, 5) is 18.0. The van der Waals surface area contributed by atoms with Gasteiger partial charge in [0.15, 0.2) is 0 Å². The molecule has 0 amide bonds. The van der Waals surface area contributed by atoms with Gasteiger partial charge in [0.25, 0.3) is 11.9 Å². The number of rotatable bonds is 0. The van der Waals surface area contributed by atoms with Crippen LogP contribution in [0.4, 0.5) is 0 Å². The van der Waals surface area contributed by atoms with E-state index in [1.165, 1.54) is 0 Å². The van der Waals surface area contributed by atoms with Crippen LogP contribution in [0.5, 0.6) is 0 Å². The lowest BCUT2D eigenvalue weighted by Crippen LogP contribution is -1.78. The van der Waals surface area contributed by atoms with Crippen molar-refractivity contribution >= 4 is 37.2 Å². The van der Waals surface area contributed by atoms with Gasteiger partial charge in [-0.3, -0.25) is 9.59 Å². The Morgan fingerprint density at radius 3 is 1.08 bits per heavy atom. The standard InChI is InChI=1S/2C2H4O2.C2H4S2/c3*1-2(3)4/h2*1H3,(H,3,4);3-4H,1H2. The quantitative estimate of drug-likeness (QED) is 0.459. The van der Waals surface area contributed by atoms with Crippen molar-refractivity contribution in [3.63, 3.8) is 0 Å². The van der Waals surface area contributed by atoms with Crippen molar-refractivity contribution in [1.82, 2.24) is 0 Å². The van der Waals surface area contributed by atoms with Gasteiger partial charge < -0.3 is 10.2 Å². The van der Waals surface area contributed by atoms with Gasteiger partial charge >= 0.3 is 0 Å². The molecule has 0 saturated carbocycles. The van der Waals surface area contributed by atoms with Crippen LogP contribution in [0.25, 0.3) is 0 Å². The molecule has 0 radical (unpaired) electrons. The molecule has 4 nitrogen and oxygen atoms in total. The van der Waals surface area contributed by atoms with E-state index in [1.807, 2.05) is 0 Å². The van der Waals surface area contributed by atoms with Crippen LogP contribution in [-0.4, -0.2) is 22.2 Å². The monoisotopic (exact) mass is 212 g/mol. The second kappa shape index (κ2) is 13.0. The maximum atomic E-state index is 9.00. The summed E-state index contributed by atoms with van der Waals surface area (Å²) in [5.41, 5.74) is 0. The van der Waals surface area contributed by atoms with E-state index in [-0.39, 0.29) is 0 Å². The highest BCUT2D eigenvalue weighted by molar-refractivity contribution is 8.04. The zero-order valence-electron chi connectivity index (χ0n) is 6.81. The Hall–Kier alpha value is -0.620. The van der Waals surface area contributed by atoms with Gasteiger partial charge in [-0.1, -0.05) is 6.58 Å². The molecule has 0 aromatic rings. The summed E-state index contributed by atoms with van der Waals surface area (Å²) in [6, 6.07) is 0. The van der Waals surface area contributed by atoms with Crippen LogP contribution in [-0.2, 0) is 9.59 Å². The number of carboxylic acids is 2. The second-order valence-corrected chi connectivity index (χ2v) is 2.89. The Balaban J connectivity index is -0.000000101. The van der Waals surface area contributed by atoms with Gasteiger partial charge in [-0.05, 0) is 0 Å². The first-order chi connectivity index (χ1) is 5.20. The molecule has 6 heteroatoms. The van der Waals surface area contributed by atoms with Crippen LogP contribution < -0.4 is 0 Å². The summed E-state index contributed by atoms with van der Waals surface area (Å²) in [6.07, 6.45) is 0. The summed E-state index contributed by atoms with van der Waals surface area (Å²) in [7, 11) is 0. The molecule has 0 rings (SSSR count). The van der Waals surface area contributed by atoms with E-state index in [0.29, 0.717) is 4.24 Å². The molecule has 0 aliphatic carbocycles. The fourth-order valence-electron chi connectivity index (χ4n) is 0. The predicted octanol–water partition coefficient (Wildman–Crippen LogP) is 1.50. The molecule has 2 N–H and O–H groups in total. The molecule has 0 aliphatic rings. The third-order valence-electron chi connectivity index (χ3n) is 0. The van der Waals surface area contributed by atoms with Crippen molar-refractivity contribution in [3.05, 3.63) is 10.8 Å². The number of thiol groups is 2. The zero-order valence-corrected chi connectivity index (χ0v) is 8.60. The Morgan fingerprint density at radius 2 is 1.08 bits per heavy atom. The first kappa shape index (κ1) is 17.5. The predicted molar refractivity (Wildman–Crippen MR) is 53.7 cm³/mol. The van der Waals surface area contributed by atoms with Gasteiger partial charge in [-0.2, -0.15) is 0 Å². The lowest BCUT2D eigenvalue weighted by Gasteiger charge is -1.63.